The largest absolute Gasteiger partial charge is 0.524 e. The fourth-order valence-corrected chi connectivity index (χ4v) is 2.66. The lowest BCUT2D eigenvalue weighted by molar-refractivity contribution is -0.141. The third-order valence-corrected chi connectivity index (χ3v) is 3.68. The van der Waals surface area contributed by atoms with Gasteiger partial charge in [-0.2, -0.15) is 13.2 Å². The molecule has 2 aromatic rings. The third kappa shape index (κ3) is 5.03. The first-order valence-corrected chi connectivity index (χ1v) is 8.05. The van der Waals surface area contributed by atoms with Crippen LogP contribution in [0.1, 0.15) is 5.69 Å². The van der Waals surface area contributed by atoms with E-state index in [0.717, 1.165) is 17.8 Å². The highest BCUT2D eigenvalue weighted by Gasteiger charge is 2.32. The lowest BCUT2D eigenvalue weighted by atomic mass is 10.3. The zero-order valence-electron chi connectivity index (χ0n) is 10.7. The predicted octanol–water partition coefficient (Wildman–Crippen LogP) is 3.72. The number of nitrogens with zero attached hydrogens (tertiary/aromatic N) is 1. The molecule has 118 valence electrons. The molecule has 0 fully saturated rings. The maximum Gasteiger partial charge on any atom is 0.524 e. The minimum absolute atomic E-state index is 0.0466. The number of hydrogen-bond acceptors (Lipinski definition) is 4. The Kier molecular flexibility index (Phi) is 4.81. The van der Waals surface area contributed by atoms with Crippen LogP contribution in [0.3, 0.4) is 0 Å². The summed E-state index contributed by atoms with van der Waals surface area (Å²) >= 11 is 0.984. The number of aromatic nitrogens is 1. The molecule has 2 rings (SSSR count). The summed E-state index contributed by atoms with van der Waals surface area (Å²) in [7, 11) is -4.64. The lowest BCUT2D eigenvalue weighted by Crippen LogP contribution is -2.07. The first kappa shape index (κ1) is 16.8. The molecule has 1 aromatic carbocycles. The maximum atomic E-state index is 12.6. The predicted molar refractivity (Wildman–Crippen MR) is 72.5 cm³/mol. The molecule has 1 aromatic heterocycles. The fourth-order valence-electron chi connectivity index (χ4n) is 1.46. The molecule has 10 heteroatoms. The Morgan fingerprint density at radius 2 is 1.73 bits per heavy atom. The molecular formula is C12H9F3NO4PS. The topological polar surface area (TPSA) is 79.7 Å². The fraction of sp³-hybridized carbons (Fsp3) is 0.0833. The molecule has 5 nitrogen and oxygen atoms in total. The molecule has 0 bridgehead atoms. The van der Waals surface area contributed by atoms with E-state index in [4.69, 9.17) is 9.79 Å². The van der Waals surface area contributed by atoms with Crippen LogP contribution in [0.25, 0.3) is 0 Å². The van der Waals surface area contributed by atoms with Crippen molar-refractivity contribution in [3.8, 4) is 5.75 Å². The van der Waals surface area contributed by atoms with Gasteiger partial charge in [0.15, 0.2) is 0 Å². The molecule has 0 aliphatic carbocycles. The van der Waals surface area contributed by atoms with E-state index in [9.17, 15) is 17.7 Å². The van der Waals surface area contributed by atoms with E-state index in [1.54, 1.807) is 0 Å². The molecule has 0 saturated carbocycles. The molecule has 22 heavy (non-hydrogen) atoms. The van der Waals surface area contributed by atoms with Gasteiger partial charge in [0.25, 0.3) is 0 Å². The normalized spacial score (nSPS) is 12.2. The van der Waals surface area contributed by atoms with Crippen molar-refractivity contribution in [1.82, 2.24) is 4.98 Å². The van der Waals surface area contributed by atoms with Crippen LogP contribution in [0.4, 0.5) is 13.2 Å². The number of phosphoric acid groups is 1. The molecule has 0 aliphatic rings. The van der Waals surface area contributed by atoms with Gasteiger partial charge in [0.2, 0.25) is 0 Å². The Balaban J connectivity index is 2.13. The molecule has 2 N–H and O–H groups in total. The molecule has 0 atom stereocenters. The summed E-state index contributed by atoms with van der Waals surface area (Å²) in [5.74, 6) is -0.0466. The summed E-state index contributed by atoms with van der Waals surface area (Å²) < 4.78 is 52.7. The van der Waals surface area contributed by atoms with E-state index in [1.165, 1.54) is 36.4 Å². The summed E-state index contributed by atoms with van der Waals surface area (Å²) in [6.45, 7) is 0. The van der Waals surface area contributed by atoms with Gasteiger partial charge in [-0.05, 0) is 36.4 Å². The van der Waals surface area contributed by atoms with E-state index in [-0.39, 0.29) is 10.8 Å². The zero-order chi connectivity index (χ0) is 16.4. The Labute approximate surface area is 127 Å². The number of benzene rings is 1. The van der Waals surface area contributed by atoms with E-state index >= 15 is 0 Å². The average Bonchev–Trinajstić information content (AvgIpc) is 2.39. The highest BCUT2D eigenvalue weighted by Crippen LogP contribution is 2.38. The molecule has 1 heterocycles. The Hall–Kier alpha value is -1.54. The van der Waals surface area contributed by atoms with Crippen molar-refractivity contribution < 1.29 is 32.0 Å². The van der Waals surface area contributed by atoms with Crippen LogP contribution in [0.2, 0.25) is 0 Å². The SMILES string of the molecule is O=P(O)(O)Oc1ccc(Sc2cccc(C(F)(F)F)n2)cc1. The van der Waals surface area contributed by atoms with Crippen LogP contribution >= 0.6 is 19.6 Å². The van der Waals surface area contributed by atoms with Crippen LogP contribution in [-0.4, -0.2) is 14.8 Å². The smallest absolute Gasteiger partial charge is 0.404 e. The number of rotatable bonds is 4. The van der Waals surface area contributed by atoms with E-state index < -0.39 is 19.7 Å². The standard InChI is InChI=1S/C12H9F3NO4PS/c13-12(14,15)10-2-1-3-11(16-10)22-9-6-4-8(5-7-9)20-21(17,18)19/h1-7H,(H2,17,18,19). The molecule has 0 radical (unpaired) electrons. The Morgan fingerprint density at radius 1 is 1.09 bits per heavy atom. The molecule has 0 saturated heterocycles. The third-order valence-electron chi connectivity index (χ3n) is 2.28. The second-order valence-corrected chi connectivity index (χ2v) is 6.27. The van der Waals surface area contributed by atoms with Crippen molar-refractivity contribution in [2.24, 2.45) is 0 Å². The van der Waals surface area contributed by atoms with Gasteiger partial charge in [-0.3, -0.25) is 9.79 Å². The molecule has 0 aliphatic heterocycles. The summed E-state index contributed by atoms with van der Waals surface area (Å²) in [5.41, 5.74) is -0.987. The highest BCUT2D eigenvalue weighted by atomic mass is 32.2. The van der Waals surface area contributed by atoms with Gasteiger partial charge in [0, 0.05) is 4.90 Å². The van der Waals surface area contributed by atoms with E-state index in [0.29, 0.717) is 4.90 Å². The lowest BCUT2D eigenvalue weighted by Gasteiger charge is -2.08. The van der Waals surface area contributed by atoms with Crippen molar-refractivity contribution in [2.45, 2.75) is 16.1 Å². The van der Waals surface area contributed by atoms with Gasteiger partial charge in [-0.25, -0.2) is 9.55 Å². The molecule has 0 spiro atoms. The minimum Gasteiger partial charge on any atom is -0.404 e. The first-order chi connectivity index (χ1) is 10.1. The number of hydrogen-bond donors (Lipinski definition) is 2. The second-order valence-electron chi connectivity index (χ2n) is 4.01. The number of halogens is 3. The Morgan fingerprint density at radius 3 is 2.27 bits per heavy atom. The maximum absolute atomic E-state index is 12.6. The van der Waals surface area contributed by atoms with Crippen LogP contribution < -0.4 is 4.52 Å². The van der Waals surface area contributed by atoms with Crippen LogP contribution in [-0.2, 0) is 10.7 Å². The first-order valence-electron chi connectivity index (χ1n) is 5.71. The van der Waals surface area contributed by atoms with Crippen LogP contribution in [0, 0.1) is 0 Å². The number of alkyl halides is 3. The van der Waals surface area contributed by atoms with Crippen LogP contribution in [0.5, 0.6) is 5.75 Å². The Bertz CT molecular complexity index is 702. The zero-order valence-corrected chi connectivity index (χ0v) is 12.4. The summed E-state index contributed by atoms with van der Waals surface area (Å²) in [4.78, 5) is 21.3. The van der Waals surface area contributed by atoms with Gasteiger partial charge in [-0.1, -0.05) is 17.8 Å². The van der Waals surface area contributed by atoms with E-state index in [2.05, 4.69) is 9.51 Å². The summed E-state index contributed by atoms with van der Waals surface area (Å²) in [6.07, 6.45) is -4.52. The molecular weight excluding hydrogens is 342 g/mol. The highest BCUT2D eigenvalue weighted by molar-refractivity contribution is 7.99. The van der Waals surface area contributed by atoms with Gasteiger partial charge in [0.1, 0.15) is 16.5 Å². The van der Waals surface area contributed by atoms with Gasteiger partial charge in [0.05, 0.1) is 0 Å². The average molecular weight is 351 g/mol. The monoisotopic (exact) mass is 351 g/mol. The van der Waals surface area contributed by atoms with E-state index in [1.807, 2.05) is 0 Å². The van der Waals surface area contributed by atoms with Crippen molar-refractivity contribution >= 4 is 19.6 Å². The van der Waals surface area contributed by atoms with Crippen molar-refractivity contribution in [1.29, 1.82) is 0 Å². The van der Waals surface area contributed by atoms with Gasteiger partial charge < -0.3 is 4.52 Å². The molecule has 0 unspecified atom stereocenters. The number of phosphoric ester groups is 1. The number of pyridine rings is 1. The van der Waals surface area contributed by atoms with Gasteiger partial charge >= 0.3 is 14.0 Å². The van der Waals surface area contributed by atoms with Crippen molar-refractivity contribution in [3.63, 3.8) is 0 Å². The summed E-state index contributed by atoms with van der Waals surface area (Å²) in [5, 5.41) is 0.151. The van der Waals surface area contributed by atoms with Crippen LogP contribution in [0.15, 0.2) is 52.4 Å². The quantitative estimate of drug-likeness (QED) is 0.818. The molecule has 0 amide bonds. The van der Waals surface area contributed by atoms with Crippen molar-refractivity contribution in [2.75, 3.05) is 0 Å². The van der Waals surface area contributed by atoms with Gasteiger partial charge in [-0.15, -0.1) is 0 Å². The minimum atomic E-state index is -4.64. The summed E-state index contributed by atoms with van der Waals surface area (Å²) in [6, 6.07) is 9.07. The second kappa shape index (κ2) is 6.29. The van der Waals surface area contributed by atoms with Crippen molar-refractivity contribution in [3.05, 3.63) is 48.2 Å².